The van der Waals surface area contributed by atoms with Crippen LogP contribution in [-0.4, -0.2) is 35.3 Å². The van der Waals surface area contributed by atoms with Crippen molar-refractivity contribution in [2.75, 3.05) is 13.7 Å². The lowest BCUT2D eigenvalue weighted by atomic mass is 10.1. The number of rotatable bonds is 4. The second-order valence-electron chi connectivity index (χ2n) is 5.67. The first-order chi connectivity index (χ1) is 10.6. The number of imide groups is 1. The first kappa shape index (κ1) is 14.5. The van der Waals surface area contributed by atoms with Crippen LogP contribution in [0, 0.1) is 6.92 Å². The summed E-state index contributed by atoms with van der Waals surface area (Å²) in [6, 6.07) is 15.1. The molecule has 0 radical (unpaired) electrons. The lowest BCUT2D eigenvalue weighted by molar-refractivity contribution is 0.0559. The van der Waals surface area contributed by atoms with E-state index in [1.54, 1.807) is 24.3 Å². The van der Waals surface area contributed by atoms with Gasteiger partial charge in [0.15, 0.2) is 0 Å². The van der Waals surface area contributed by atoms with E-state index in [0.29, 0.717) is 24.3 Å². The van der Waals surface area contributed by atoms with Crippen molar-refractivity contribution >= 4 is 11.8 Å². The van der Waals surface area contributed by atoms with Crippen LogP contribution in [-0.2, 0) is 6.54 Å². The Labute approximate surface area is 130 Å². The minimum absolute atomic E-state index is 0.211. The highest BCUT2D eigenvalue weighted by molar-refractivity contribution is 6.21. The zero-order valence-corrected chi connectivity index (χ0v) is 12.7. The van der Waals surface area contributed by atoms with E-state index in [1.807, 2.05) is 24.1 Å². The second-order valence-corrected chi connectivity index (χ2v) is 5.67. The molecule has 0 saturated carbocycles. The molecule has 2 aromatic carbocycles. The minimum atomic E-state index is -0.211. The monoisotopic (exact) mass is 294 g/mol. The standard InChI is InChI=1S/C18H18N2O2/c1-13-7-3-4-8-14(13)11-19(2)12-20-17(21)15-9-5-6-10-16(15)18(20)22/h3-10H,11-12H2,1-2H3. The van der Waals surface area contributed by atoms with Crippen LogP contribution < -0.4 is 0 Å². The summed E-state index contributed by atoms with van der Waals surface area (Å²) < 4.78 is 0. The fourth-order valence-electron chi connectivity index (χ4n) is 2.74. The molecule has 3 rings (SSSR count). The number of hydrogen-bond donors (Lipinski definition) is 0. The Bertz CT molecular complexity index is 704. The van der Waals surface area contributed by atoms with Gasteiger partial charge in [-0.05, 0) is 37.2 Å². The number of aryl methyl sites for hydroxylation is 1. The Morgan fingerprint density at radius 1 is 0.909 bits per heavy atom. The van der Waals surface area contributed by atoms with Gasteiger partial charge >= 0.3 is 0 Å². The quantitative estimate of drug-likeness (QED) is 0.814. The molecule has 2 amide bonds. The van der Waals surface area contributed by atoms with E-state index in [1.165, 1.54) is 16.0 Å². The van der Waals surface area contributed by atoms with Gasteiger partial charge in [0.25, 0.3) is 11.8 Å². The maximum atomic E-state index is 12.3. The van der Waals surface area contributed by atoms with Gasteiger partial charge in [-0.15, -0.1) is 0 Å². The number of carbonyl (C=O) groups is 2. The van der Waals surface area contributed by atoms with Crippen molar-refractivity contribution in [3.63, 3.8) is 0 Å². The Hall–Kier alpha value is -2.46. The van der Waals surface area contributed by atoms with E-state index in [4.69, 9.17) is 0 Å². The Morgan fingerprint density at radius 3 is 2.05 bits per heavy atom. The van der Waals surface area contributed by atoms with Crippen LogP contribution in [0.4, 0.5) is 0 Å². The van der Waals surface area contributed by atoms with Gasteiger partial charge in [-0.1, -0.05) is 36.4 Å². The molecule has 1 aliphatic rings. The summed E-state index contributed by atoms with van der Waals surface area (Å²) >= 11 is 0. The SMILES string of the molecule is Cc1ccccc1CN(C)CN1C(=O)c2ccccc2C1=O. The molecule has 112 valence electrons. The summed E-state index contributed by atoms with van der Waals surface area (Å²) in [5.74, 6) is -0.422. The maximum absolute atomic E-state index is 12.3. The molecule has 4 heteroatoms. The van der Waals surface area contributed by atoms with Gasteiger partial charge in [0.1, 0.15) is 0 Å². The summed E-state index contributed by atoms with van der Waals surface area (Å²) in [6.45, 7) is 3.05. The Balaban J connectivity index is 1.73. The van der Waals surface area contributed by atoms with Crippen LogP contribution in [0.3, 0.4) is 0 Å². The number of amides is 2. The first-order valence-electron chi connectivity index (χ1n) is 7.26. The molecule has 0 atom stereocenters. The molecule has 0 bridgehead atoms. The van der Waals surface area contributed by atoms with E-state index >= 15 is 0 Å². The summed E-state index contributed by atoms with van der Waals surface area (Å²) in [6.07, 6.45) is 0. The molecule has 1 aliphatic heterocycles. The topological polar surface area (TPSA) is 40.6 Å². The van der Waals surface area contributed by atoms with E-state index in [-0.39, 0.29) is 11.8 Å². The lowest BCUT2D eigenvalue weighted by Crippen LogP contribution is -2.39. The Morgan fingerprint density at radius 2 is 1.45 bits per heavy atom. The van der Waals surface area contributed by atoms with Crippen molar-refractivity contribution in [3.05, 3.63) is 70.8 Å². The van der Waals surface area contributed by atoms with Crippen molar-refractivity contribution in [2.24, 2.45) is 0 Å². The Kier molecular flexibility index (Phi) is 3.77. The predicted octanol–water partition coefficient (Wildman–Crippen LogP) is 2.68. The lowest BCUT2D eigenvalue weighted by Gasteiger charge is -2.23. The largest absolute Gasteiger partial charge is 0.284 e. The molecule has 0 unspecified atom stereocenters. The molecule has 22 heavy (non-hydrogen) atoms. The van der Waals surface area contributed by atoms with E-state index in [2.05, 4.69) is 19.1 Å². The minimum Gasteiger partial charge on any atom is -0.284 e. The van der Waals surface area contributed by atoms with Gasteiger partial charge < -0.3 is 0 Å². The second kappa shape index (κ2) is 5.73. The molecular weight excluding hydrogens is 276 g/mol. The number of benzene rings is 2. The average molecular weight is 294 g/mol. The third kappa shape index (κ3) is 2.53. The molecule has 0 fully saturated rings. The number of nitrogens with zero attached hydrogens (tertiary/aromatic N) is 2. The van der Waals surface area contributed by atoms with Gasteiger partial charge in [0, 0.05) is 6.54 Å². The van der Waals surface area contributed by atoms with Gasteiger partial charge in [0.05, 0.1) is 17.8 Å². The highest BCUT2D eigenvalue weighted by Crippen LogP contribution is 2.22. The number of fused-ring (bicyclic) bond motifs is 1. The highest BCUT2D eigenvalue weighted by Gasteiger charge is 2.35. The molecule has 2 aromatic rings. The third-order valence-electron chi connectivity index (χ3n) is 3.96. The fourth-order valence-corrected chi connectivity index (χ4v) is 2.74. The first-order valence-corrected chi connectivity index (χ1v) is 7.26. The van der Waals surface area contributed by atoms with E-state index in [9.17, 15) is 9.59 Å². The van der Waals surface area contributed by atoms with Gasteiger partial charge in [-0.2, -0.15) is 0 Å². The van der Waals surface area contributed by atoms with Crippen molar-refractivity contribution in [3.8, 4) is 0 Å². The van der Waals surface area contributed by atoms with Crippen molar-refractivity contribution in [1.29, 1.82) is 0 Å². The normalized spacial score (nSPS) is 13.9. The van der Waals surface area contributed by atoms with Crippen LogP contribution >= 0.6 is 0 Å². The molecule has 0 aromatic heterocycles. The molecule has 1 heterocycles. The molecule has 0 aliphatic carbocycles. The van der Waals surface area contributed by atoms with Crippen LogP contribution in [0.15, 0.2) is 48.5 Å². The van der Waals surface area contributed by atoms with Crippen molar-refractivity contribution in [1.82, 2.24) is 9.80 Å². The van der Waals surface area contributed by atoms with E-state index < -0.39 is 0 Å². The summed E-state index contributed by atoms with van der Waals surface area (Å²) in [5, 5.41) is 0. The molecule has 0 N–H and O–H groups in total. The molecule has 0 spiro atoms. The smallest absolute Gasteiger partial charge is 0.262 e. The average Bonchev–Trinajstić information content (AvgIpc) is 2.75. The summed E-state index contributed by atoms with van der Waals surface area (Å²) in [5.41, 5.74) is 3.40. The molecule has 4 nitrogen and oxygen atoms in total. The maximum Gasteiger partial charge on any atom is 0.262 e. The van der Waals surface area contributed by atoms with Crippen LogP contribution in [0.1, 0.15) is 31.8 Å². The third-order valence-corrected chi connectivity index (χ3v) is 3.96. The van der Waals surface area contributed by atoms with Crippen molar-refractivity contribution in [2.45, 2.75) is 13.5 Å². The van der Waals surface area contributed by atoms with Gasteiger partial charge in [0.2, 0.25) is 0 Å². The number of hydrogen-bond acceptors (Lipinski definition) is 3. The molecular formula is C18H18N2O2. The zero-order valence-electron chi connectivity index (χ0n) is 12.7. The highest BCUT2D eigenvalue weighted by atomic mass is 16.2. The van der Waals surface area contributed by atoms with Crippen LogP contribution in [0.25, 0.3) is 0 Å². The van der Waals surface area contributed by atoms with Gasteiger partial charge in [-0.25, -0.2) is 0 Å². The van der Waals surface area contributed by atoms with Crippen molar-refractivity contribution < 1.29 is 9.59 Å². The van der Waals surface area contributed by atoms with Crippen LogP contribution in [0.5, 0.6) is 0 Å². The summed E-state index contributed by atoms with van der Waals surface area (Å²) in [7, 11) is 1.91. The predicted molar refractivity (Wildman–Crippen MR) is 84.5 cm³/mol. The zero-order chi connectivity index (χ0) is 15.7. The fraction of sp³-hybridized carbons (Fsp3) is 0.222. The van der Waals surface area contributed by atoms with Crippen LogP contribution in [0.2, 0.25) is 0 Å². The van der Waals surface area contributed by atoms with Gasteiger partial charge in [-0.3, -0.25) is 19.4 Å². The molecule has 0 saturated heterocycles. The van der Waals surface area contributed by atoms with E-state index in [0.717, 1.165) is 0 Å². The number of carbonyl (C=O) groups excluding carboxylic acids is 2. The summed E-state index contributed by atoms with van der Waals surface area (Å²) in [4.78, 5) is 28.0.